The Labute approximate surface area is 210 Å². The molecule has 0 radical (unpaired) electrons. The Morgan fingerprint density at radius 3 is 2.35 bits per heavy atom. The van der Waals surface area contributed by atoms with Gasteiger partial charge in [-0.05, 0) is 30.3 Å². The molecule has 2 saturated heterocycles. The number of β-amino-alcohol motifs (C(OH)–C–C–N with tert-alkyl or cyclic N) is 1. The summed E-state index contributed by atoms with van der Waals surface area (Å²) in [5.74, 6) is 0.338. The van der Waals surface area contributed by atoms with Crippen molar-refractivity contribution in [2.45, 2.75) is 11.0 Å². The fourth-order valence-electron chi connectivity index (χ4n) is 4.11. The quantitative estimate of drug-likeness (QED) is 0.562. The molecule has 0 bridgehead atoms. The van der Waals surface area contributed by atoms with Crippen LogP contribution in [0, 0.1) is 0 Å². The molecule has 0 aromatic heterocycles. The van der Waals surface area contributed by atoms with Crippen molar-refractivity contribution in [1.29, 1.82) is 0 Å². The number of morpholine rings is 1. The number of aliphatic hydroxyl groups is 1. The van der Waals surface area contributed by atoms with Crippen LogP contribution < -0.4 is 9.64 Å². The highest BCUT2D eigenvalue weighted by molar-refractivity contribution is 7.89. The first kappa shape index (κ1) is 25.5. The third-order valence-electron chi connectivity index (χ3n) is 5.98. The van der Waals surface area contributed by atoms with Gasteiger partial charge in [-0.15, -0.1) is 0 Å². The molecule has 2 aromatic carbocycles. The second-order valence-corrected chi connectivity index (χ2v) is 11.1. The van der Waals surface area contributed by atoms with Gasteiger partial charge in [0, 0.05) is 45.8 Å². The van der Waals surface area contributed by atoms with E-state index in [-0.39, 0.29) is 16.5 Å². The van der Waals surface area contributed by atoms with Gasteiger partial charge in [0.1, 0.15) is 18.5 Å². The summed E-state index contributed by atoms with van der Waals surface area (Å²) in [5.41, 5.74) is 1.03. The Bertz CT molecular complexity index is 1070. The van der Waals surface area contributed by atoms with Gasteiger partial charge in [0.2, 0.25) is 10.0 Å². The zero-order chi connectivity index (χ0) is 24.1. The van der Waals surface area contributed by atoms with Crippen molar-refractivity contribution in [3.63, 3.8) is 0 Å². The van der Waals surface area contributed by atoms with Crippen molar-refractivity contribution in [3.05, 3.63) is 52.5 Å². The predicted octanol–water partition coefficient (Wildman–Crippen LogP) is 2.58. The van der Waals surface area contributed by atoms with Crippen LogP contribution in [0.15, 0.2) is 47.4 Å². The van der Waals surface area contributed by atoms with Crippen LogP contribution in [0.1, 0.15) is 0 Å². The van der Waals surface area contributed by atoms with Gasteiger partial charge in [0.05, 0.1) is 33.8 Å². The van der Waals surface area contributed by atoms with Crippen LogP contribution in [0.5, 0.6) is 5.75 Å². The summed E-state index contributed by atoms with van der Waals surface area (Å²) < 4.78 is 37.9. The molecule has 11 heteroatoms. The molecule has 0 spiro atoms. The average Bonchev–Trinajstić information content (AvgIpc) is 2.84. The lowest BCUT2D eigenvalue weighted by Crippen LogP contribution is -2.49. The lowest BCUT2D eigenvalue weighted by molar-refractivity contribution is 0.0663. The number of halogens is 2. The topological polar surface area (TPSA) is 82.5 Å². The van der Waals surface area contributed by atoms with Crippen LogP contribution in [0.3, 0.4) is 0 Å². The molecule has 2 aliphatic heterocycles. The van der Waals surface area contributed by atoms with Gasteiger partial charge in [0.25, 0.3) is 0 Å². The normalized spacial score (nSPS) is 19.2. The van der Waals surface area contributed by atoms with Crippen LogP contribution in [0.25, 0.3) is 0 Å². The SMILES string of the molecule is O=S(=O)(c1ccc(OC[C@H](O)CN2CCN(c3ccccc3Cl)CC2)c(Cl)c1)N1CCOCC1. The summed E-state index contributed by atoms with van der Waals surface area (Å²) in [7, 11) is -3.63. The maximum absolute atomic E-state index is 12.8. The Hall–Kier alpha value is -1.59. The molecule has 186 valence electrons. The number of sulfonamides is 1. The minimum atomic E-state index is -3.63. The molecular formula is C23H29Cl2N3O5S. The first-order chi connectivity index (χ1) is 16.3. The summed E-state index contributed by atoms with van der Waals surface area (Å²) in [5, 5.41) is 11.4. The Morgan fingerprint density at radius 1 is 0.971 bits per heavy atom. The maximum Gasteiger partial charge on any atom is 0.243 e. The molecule has 8 nitrogen and oxygen atoms in total. The molecule has 34 heavy (non-hydrogen) atoms. The van der Waals surface area contributed by atoms with E-state index in [2.05, 4.69) is 9.80 Å². The summed E-state index contributed by atoms with van der Waals surface area (Å²) in [6, 6.07) is 12.2. The maximum atomic E-state index is 12.8. The molecule has 0 saturated carbocycles. The van der Waals surface area contributed by atoms with Crippen molar-refractivity contribution < 1.29 is 23.0 Å². The number of para-hydroxylation sites is 1. The molecule has 0 unspecified atom stereocenters. The number of rotatable bonds is 8. The third-order valence-corrected chi connectivity index (χ3v) is 8.49. The molecule has 2 aliphatic rings. The van der Waals surface area contributed by atoms with E-state index in [1.165, 1.54) is 22.5 Å². The highest BCUT2D eigenvalue weighted by atomic mass is 35.5. The van der Waals surface area contributed by atoms with Gasteiger partial charge >= 0.3 is 0 Å². The molecule has 2 heterocycles. The number of aliphatic hydroxyl groups excluding tert-OH is 1. The summed E-state index contributed by atoms with van der Waals surface area (Å²) in [4.78, 5) is 4.54. The van der Waals surface area contributed by atoms with Gasteiger partial charge < -0.3 is 19.5 Å². The Balaban J connectivity index is 1.26. The number of ether oxygens (including phenoxy) is 2. The third kappa shape index (κ3) is 6.15. The van der Waals surface area contributed by atoms with Crippen LogP contribution in [0.2, 0.25) is 10.0 Å². The number of hydrogen-bond acceptors (Lipinski definition) is 7. The van der Waals surface area contributed by atoms with Crippen LogP contribution >= 0.6 is 23.2 Å². The van der Waals surface area contributed by atoms with E-state index in [4.69, 9.17) is 32.7 Å². The van der Waals surface area contributed by atoms with Crippen molar-refractivity contribution in [2.75, 3.05) is 70.5 Å². The molecular weight excluding hydrogens is 501 g/mol. The first-order valence-electron chi connectivity index (χ1n) is 11.2. The van der Waals surface area contributed by atoms with Crippen LogP contribution in [-0.2, 0) is 14.8 Å². The monoisotopic (exact) mass is 529 g/mol. The zero-order valence-electron chi connectivity index (χ0n) is 18.8. The molecule has 4 rings (SSSR count). The average molecular weight is 530 g/mol. The van der Waals surface area contributed by atoms with E-state index in [0.717, 1.165) is 36.9 Å². The van der Waals surface area contributed by atoms with Gasteiger partial charge in [-0.1, -0.05) is 35.3 Å². The van der Waals surface area contributed by atoms with Crippen molar-refractivity contribution in [2.24, 2.45) is 0 Å². The molecule has 0 aliphatic carbocycles. The Kier molecular flexibility index (Phi) is 8.57. The number of nitrogens with zero attached hydrogens (tertiary/aromatic N) is 3. The van der Waals surface area contributed by atoms with Gasteiger partial charge in [0.15, 0.2) is 0 Å². The first-order valence-corrected chi connectivity index (χ1v) is 13.4. The summed E-state index contributed by atoms with van der Waals surface area (Å²) in [6.07, 6.45) is -0.709. The van der Waals surface area contributed by atoms with E-state index in [0.29, 0.717) is 38.6 Å². The molecule has 1 N–H and O–H groups in total. The van der Waals surface area contributed by atoms with Crippen LogP contribution in [-0.4, -0.2) is 94.5 Å². The summed E-state index contributed by atoms with van der Waals surface area (Å²) in [6.45, 7) is 5.16. The van der Waals surface area contributed by atoms with E-state index >= 15 is 0 Å². The second kappa shape index (κ2) is 11.4. The fraction of sp³-hybridized carbons (Fsp3) is 0.478. The minimum absolute atomic E-state index is 0.0556. The van der Waals surface area contributed by atoms with Crippen LogP contribution in [0.4, 0.5) is 5.69 Å². The molecule has 2 fully saturated rings. The predicted molar refractivity (Wildman–Crippen MR) is 133 cm³/mol. The Morgan fingerprint density at radius 2 is 1.68 bits per heavy atom. The van der Waals surface area contributed by atoms with Gasteiger partial charge in [-0.25, -0.2) is 8.42 Å². The van der Waals surface area contributed by atoms with Crippen molar-refractivity contribution in [1.82, 2.24) is 9.21 Å². The highest BCUT2D eigenvalue weighted by Crippen LogP contribution is 2.29. The van der Waals surface area contributed by atoms with E-state index < -0.39 is 16.1 Å². The fourth-order valence-corrected chi connectivity index (χ4v) is 6.10. The lowest BCUT2D eigenvalue weighted by atomic mass is 10.2. The summed E-state index contributed by atoms with van der Waals surface area (Å²) >= 11 is 12.6. The zero-order valence-corrected chi connectivity index (χ0v) is 21.1. The molecule has 0 amide bonds. The number of anilines is 1. The number of hydrogen-bond donors (Lipinski definition) is 1. The lowest BCUT2D eigenvalue weighted by Gasteiger charge is -2.37. The molecule has 2 aromatic rings. The smallest absolute Gasteiger partial charge is 0.243 e. The highest BCUT2D eigenvalue weighted by Gasteiger charge is 2.27. The minimum Gasteiger partial charge on any atom is -0.489 e. The number of piperazine rings is 1. The largest absolute Gasteiger partial charge is 0.489 e. The molecule has 1 atom stereocenters. The standard InChI is InChI=1S/C23H29Cl2N3O5S/c24-20-3-1-2-4-22(20)27-9-7-26(8-10-27)16-18(29)17-33-23-6-5-19(15-21(23)25)34(30,31)28-11-13-32-14-12-28/h1-6,15,18,29H,7-14,16-17H2/t18-/m1/s1. The van der Waals surface area contributed by atoms with E-state index in [1.54, 1.807) is 0 Å². The van der Waals surface area contributed by atoms with E-state index in [9.17, 15) is 13.5 Å². The number of benzene rings is 2. The second-order valence-electron chi connectivity index (χ2n) is 8.31. The van der Waals surface area contributed by atoms with Gasteiger partial charge in [-0.3, -0.25) is 4.90 Å². The van der Waals surface area contributed by atoms with Crippen molar-refractivity contribution >= 4 is 38.9 Å². The van der Waals surface area contributed by atoms with Gasteiger partial charge in [-0.2, -0.15) is 4.31 Å². The van der Waals surface area contributed by atoms with Crippen molar-refractivity contribution in [3.8, 4) is 5.75 Å². The van der Waals surface area contributed by atoms with E-state index in [1.807, 2.05) is 24.3 Å².